The van der Waals surface area contributed by atoms with E-state index in [-0.39, 0.29) is 23.0 Å². The molecular weight excluding hydrogens is 532 g/mol. The summed E-state index contributed by atoms with van der Waals surface area (Å²) in [5.41, 5.74) is 2.87. The van der Waals surface area contributed by atoms with Crippen LogP contribution in [0.1, 0.15) is 53.1 Å². The van der Waals surface area contributed by atoms with Crippen LogP contribution < -0.4 is 14.4 Å². The minimum atomic E-state index is -0.561. The van der Waals surface area contributed by atoms with Crippen molar-refractivity contribution in [2.24, 2.45) is 0 Å². The highest BCUT2D eigenvalue weighted by Crippen LogP contribution is 2.48. The van der Waals surface area contributed by atoms with E-state index in [0.29, 0.717) is 33.7 Å². The molecule has 194 valence electrons. The second-order valence-electron chi connectivity index (χ2n) is 9.13. The molecule has 4 aromatic rings. The Morgan fingerprint density at radius 1 is 1.03 bits per heavy atom. The Bertz CT molecular complexity index is 1560. The molecule has 38 heavy (non-hydrogen) atoms. The van der Waals surface area contributed by atoms with Gasteiger partial charge in [-0.05, 0) is 55.2 Å². The van der Waals surface area contributed by atoms with Crippen LogP contribution in [-0.4, -0.2) is 39.6 Å². The van der Waals surface area contributed by atoms with Gasteiger partial charge in [0.1, 0.15) is 17.7 Å². The first kappa shape index (κ1) is 24.6. The largest absolute Gasteiger partial charge is 0.480 e. The molecular formula is C27H22Cl2FN5O3. The highest BCUT2D eigenvalue weighted by molar-refractivity contribution is 6.31. The van der Waals surface area contributed by atoms with Crippen LogP contribution in [0.15, 0.2) is 48.7 Å². The summed E-state index contributed by atoms with van der Waals surface area (Å²) in [5.74, 6) is -0.0500. The van der Waals surface area contributed by atoms with E-state index in [1.807, 2.05) is 12.1 Å². The molecule has 1 saturated carbocycles. The minimum absolute atomic E-state index is 0.0719. The molecule has 0 N–H and O–H groups in total. The fraction of sp³-hybridized carbons (Fsp3) is 0.259. The van der Waals surface area contributed by atoms with Gasteiger partial charge in [0.15, 0.2) is 5.69 Å². The average Bonchev–Trinajstić information content (AvgIpc) is 3.40. The summed E-state index contributed by atoms with van der Waals surface area (Å²) >= 11 is 12.3. The minimum Gasteiger partial charge on any atom is -0.480 e. The van der Waals surface area contributed by atoms with Gasteiger partial charge in [0.25, 0.3) is 5.91 Å². The number of benzene rings is 2. The predicted molar refractivity (Wildman–Crippen MR) is 141 cm³/mol. The van der Waals surface area contributed by atoms with E-state index < -0.39 is 11.9 Å². The summed E-state index contributed by atoms with van der Waals surface area (Å²) in [6.07, 6.45) is 4.51. The maximum absolute atomic E-state index is 14.0. The van der Waals surface area contributed by atoms with Gasteiger partial charge in [-0.25, -0.2) is 14.4 Å². The number of carbonyl (C=O) groups is 1. The first-order valence-electron chi connectivity index (χ1n) is 12.0. The summed E-state index contributed by atoms with van der Waals surface area (Å²) in [4.78, 5) is 29.1. The van der Waals surface area contributed by atoms with E-state index >= 15 is 0 Å². The molecule has 1 aliphatic heterocycles. The van der Waals surface area contributed by atoms with Gasteiger partial charge in [-0.15, -0.1) is 0 Å². The molecule has 1 aliphatic carbocycles. The summed E-state index contributed by atoms with van der Waals surface area (Å²) in [6, 6.07) is 11.3. The van der Waals surface area contributed by atoms with Crippen molar-refractivity contribution in [3.05, 3.63) is 81.5 Å². The summed E-state index contributed by atoms with van der Waals surface area (Å²) in [5, 5.41) is 0.500. The number of halogens is 3. The second-order valence-corrected chi connectivity index (χ2v) is 9.97. The van der Waals surface area contributed by atoms with Gasteiger partial charge in [0.05, 0.1) is 30.5 Å². The second kappa shape index (κ2) is 9.56. The van der Waals surface area contributed by atoms with Crippen molar-refractivity contribution in [1.29, 1.82) is 0 Å². The Morgan fingerprint density at radius 3 is 2.42 bits per heavy atom. The van der Waals surface area contributed by atoms with Gasteiger partial charge in [-0.1, -0.05) is 35.3 Å². The van der Waals surface area contributed by atoms with Crippen LogP contribution in [0.5, 0.6) is 11.9 Å². The van der Waals surface area contributed by atoms with Crippen LogP contribution in [0, 0.1) is 5.82 Å². The van der Waals surface area contributed by atoms with Crippen LogP contribution in [0.3, 0.4) is 0 Å². The Morgan fingerprint density at radius 2 is 1.79 bits per heavy atom. The van der Waals surface area contributed by atoms with E-state index in [9.17, 15) is 9.18 Å². The van der Waals surface area contributed by atoms with Crippen LogP contribution in [0.25, 0.3) is 11.4 Å². The number of nitrogens with zero attached hydrogens (tertiary/aromatic N) is 5. The lowest BCUT2D eigenvalue weighted by atomic mass is 9.91. The van der Waals surface area contributed by atoms with Gasteiger partial charge >= 0.3 is 6.01 Å². The average molecular weight is 554 g/mol. The first-order chi connectivity index (χ1) is 18.4. The lowest BCUT2D eigenvalue weighted by Crippen LogP contribution is -2.31. The molecule has 0 bridgehead atoms. The first-order valence-corrected chi connectivity index (χ1v) is 12.8. The zero-order chi connectivity index (χ0) is 26.6. The van der Waals surface area contributed by atoms with E-state index in [2.05, 4.69) is 14.5 Å². The highest BCUT2D eigenvalue weighted by atomic mass is 35.5. The summed E-state index contributed by atoms with van der Waals surface area (Å²) < 4.78 is 26.9. The SMILES string of the molecule is COc1ncc(-c2nc3c(n2C2CCC2)C(c2ccc(Cl)cc2)N(c2ccc(F)c(Cl)c2)C3=O)c(OC)n1. The Kier molecular flexibility index (Phi) is 6.20. The van der Waals surface area contributed by atoms with Gasteiger partial charge < -0.3 is 14.0 Å². The van der Waals surface area contributed by atoms with E-state index in [1.165, 1.54) is 26.4 Å². The monoisotopic (exact) mass is 553 g/mol. The molecule has 8 nitrogen and oxygen atoms in total. The third-order valence-corrected chi connectivity index (χ3v) is 7.58. The van der Waals surface area contributed by atoms with Crippen molar-refractivity contribution in [3.8, 4) is 23.3 Å². The number of rotatable bonds is 6. The lowest BCUT2D eigenvalue weighted by Gasteiger charge is -2.33. The number of aromatic nitrogens is 4. The van der Waals surface area contributed by atoms with E-state index in [1.54, 1.807) is 29.3 Å². The molecule has 2 aromatic heterocycles. The molecule has 3 heterocycles. The van der Waals surface area contributed by atoms with Crippen molar-refractivity contribution < 1.29 is 18.7 Å². The Balaban J connectivity index is 1.60. The van der Waals surface area contributed by atoms with Gasteiger partial charge in [-0.3, -0.25) is 9.69 Å². The van der Waals surface area contributed by atoms with Crippen LogP contribution >= 0.6 is 23.2 Å². The molecule has 1 unspecified atom stereocenters. The molecule has 2 aromatic carbocycles. The maximum Gasteiger partial charge on any atom is 0.319 e. The van der Waals surface area contributed by atoms with Crippen molar-refractivity contribution in [2.45, 2.75) is 31.3 Å². The smallest absolute Gasteiger partial charge is 0.319 e. The molecule has 1 amide bonds. The molecule has 2 aliphatic rings. The Labute approximate surface area is 228 Å². The fourth-order valence-corrected chi connectivity index (χ4v) is 5.33. The highest BCUT2D eigenvalue weighted by Gasteiger charge is 2.46. The number of fused-ring (bicyclic) bond motifs is 1. The molecule has 1 fully saturated rings. The molecule has 6 rings (SSSR count). The fourth-order valence-electron chi connectivity index (χ4n) is 5.03. The number of carbonyl (C=O) groups excluding carboxylic acids is 1. The number of hydrogen-bond donors (Lipinski definition) is 0. The van der Waals surface area contributed by atoms with Crippen molar-refractivity contribution in [2.75, 3.05) is 19.1 Å². The third-order valence-electron chi connectivity index (χ3n) is 7.04. The number of amides is 1. The lowest BCUT2D eigenvalue weighted by molar-refractivity contribution is 0.0989. The molecule has 0 saturated heterocycles. The normalized spacial score (nSPS) is 16.9. The van der Waals surface area contributed by atoms with Crippen LogP contribution in [0.4, 0.5) is 10.1 Å². The zero-order valence-electron chi connectivity index (χ0n) is 20.5. The zero-order valence-corrected chi connectivity index (χ0v) is 22.0. The van der Waals surface area contributed by atoms with Crippen molar-refractivity contribution >= 4 is 34.8 Å². The van der Waals surface area contributed by atoms with Crippen LogP contribution in [-0.2, 0) is 0 Å². The van der Waals surface area contributed by atoms with Crippen molar-refractivity contribution in [1.82, 2.24) is 19.5 Å². The van der Waals surface area contributed by atoms with Gasteiger partial charge in [0, 0.05) is 22.9 Å². The summed E-state index contributed by atoms with van der Waals surface area (Å²) in [6.45, 7) is 0. The number of ether oxygens (including phenoxy) is 2. The Hall–Kier alpha value is -3.69. The van der Waals surface area contributed by atoms with Gasteiger partial charge in [-0.2, -0.15) is 4.98 Å². The standard InChI is InChI=1S/C27H22Cl2FN5O3/c1-37-25-18(13-31-27(33-25)38-2)24-32-21-23(34(24)16-4-3-5-16)22(14-6-8-15(28)9-7-14)35(26(21)36)17-10-11-20(30)19(29)12-17/h6-13,16,22H,3-5H2,1-2H3. The number of hydrogen-bond acceptors (Lipinski definition) is 6. The molecule has 0 spiro atoms. The number of imidazole rings is 1. The van der Waals surface area contributed by atoms with Gasteiger partial charge in [0.2, 0.25) is 5.88 Å². The summed E-state index contributed by atoms with van der Waals surface area (Å²) in [7, 11) is 2.99. The maximum atomic E-state index is 14.0. The van der Waals surface area contributed by atoms with E-state index in [4.69, 9.17) is 37.7 Å². The quantitative estimate of drug-likeness (QED) is 0.279. The van der Waals surface area contributed by atoms with E-state index in [0.717, 1.165) is 30.5 Å². The topological polar surface area (TPSA) is 82.4 Å². The third kappa shape index (κ3) is 3.88. The molecule has 0 radical (unpaired) electrons. The predicted octanol–water partition coefficient (Wildman–Crippen LogP) is 6.28. The number of anilines is 1. The molecule has 1 atom stereocenters. The molecule has 11 heteroatoms. The van der Waals surface area contributed by atoms with Crippen molar-refractivity contribution in [3.63, 3.8) is 0 Å². The van der Waals surface area contributed by atoms with Crippen LogP contribution in [0.2, 0.25) is 10.0 Å². The number of methoxy groups -OCH3 is 2.